The highest BCUT2D eigenvalue weighted by atomic mass is 16.5. The molecule has 76 valence electrons. The third-order valence-electron chi connectivity index (χ3n) is 2.89. The van der Waals surface area contributed by atoms with Crippen molar-refractivity contribution in [2.75, 3.05) is 13.7 Å². The van der Waals surface area contributed by atoms with E-state index in [1.54, 1.807) is 4.90 Å². The first kappa shape index (κ1) is 10.3. The molecule has 1 saturated heterocycles. The van der Waals surface area contributed by atoms with E-state index in [4.69, 9.17) is 10.5 Å². The van der Waals surface area contributed by atoms with Crippen molar-refractivity contribution in [3.8, 4) is 0 Å². The first-order valence-electron chi connectivity index (χ1n) is 4.61. The molecule has 0 bridgehead atoms. The summed E-state index contributed by atoms with van der Waals surface area (Å²) in [6, 6.07) is 0.0420. The lowest BCUT2D eigenvalue weighted by atomic mass is 9.86. The van der Waals surface area contributed by atoms with E-state index in [9.17, 15) is 4.79 Å². The molecule has 1 aliphatic rings. The van der Waals surface area contributed by atoms with Gasteiger partial charge in [0.15, 0.2) is 0 Å². The van der Waals surface area contributed by atoms with Crippen LogP contribution in [-0.4, -0.2) is 36.2 Å². The molecule has 13 heavy (non-hydrogen) atoms. The standard InChI is InChI=1S/C9H18N2O2/c1-9(2)7(10)5-4-6-11(9)8(12)13-3/h7H,4-6,10H2,1-3H3. The molecule has 1 aliphatic heterocycles. The maximum atomic E-state index is 11.4. The quantitative estimate of drug-likeness (QED) is 0.613. The molecule has 0 aromatic heterocycles. The van der Waals surface area contributed by atoms with Crippen molar-refractivity contribution >= 4 is 6.09 Å². The van der Waals surface area contributed by atoms with Crippen LogP contribution in [0.2, 0.25) is 0 Å². The Labute approximate surface area is 79.0 Å². The van der Waals surface area contributed by atoms with Crippen molar-refractivity contribution in [2.45, 2.75) is 38.3 Å². The van der Waals surface area contributed by atoms with E-state index < -0.39 is 0 Å². The van der Waals surface area contributed by atoms with Crippen LogP contribution >= 0.6 is 0 Å². The summed E-state index contributed by atoms with van der Waals surface area (Å²) in [5, 5.41) is 0. The number of carbonyl (C=O) groups excluding carboxylic acids is 1. The van der Waals surface area contributed by atoms with Gasteiger partial charge in [-0.1, -0.05) is 0 Å². The van der Waals surface area contributed by atoms with Crippen molar-refractivity contribution in [1.82, 2.24) is 4.90 Å². The van der Waals surface area contributed by atoms with Gasteiger partial charge in [0.2, 0.25) is 0 Å². The Balaban J connectivity index is 2.77. The summed E-state index contributed by atoms with van der Waals surface area (Å²) in [6.07, 6.45) is 1.65. The average molecular weight is 186 g/mol. The normalized spacial score (nSPS) is 27.1. The van der Waals surface area contributed by atoms with Crippen LogP contribution in [0.5, 0.6) is 0 Å². The van der Waals surface area contributed by atoms with Crippen molar-refractivity contribution in [1.29, 1.82) is 0 Å². The van der Waals surface area contributed by atoms with Gasteiger partial charge in [-0.2, -0.15) is 0 Å². The zero-order valence-electron chi connectivity index (χ0n) is 8.54. The molecule has 1 heterocycles. The van der Waals surface area contributed by atoms with E-state index in [1.165, 1.54) is 7.11 Å². The predicted molar refractivity (Wildman–Crippen MR) is 50.4 cm³/mol. The zero-order valence-corrected chi connectivity index (χ0v) is 8.54. The monoisotopic (exact) mass is 186 g/mol. The molecule has 1 fully saturated rings. The van der Waals surface area contributed by atoms with Crippen molar-refractivity contribution < 1.29 is 9.53 Å². The number of amides is 1. The van der Waals surface area contributed by atoms with Crippen LogP contribution in [0.1, 0.15) is 26.7 Å². The number of nitrogens with two attached hydrogens (primary N) is 1. The topological polar surface area (TPSA) is 55.6 Å². The summed E-state index contributed by atoms with van der Waals surface area (Å²) in [7, 11) is 1.40. The van der Waals surface area contributed by atoms with Crippen LogP contribution in [0, 0.1) is 0 Å². The highest BCUT2D eigenvalue weighted by molar-refractivity contribution is 5.68. The van der Waals surface area contributed by atoms with Gasteiger partial charge >= 0.3 is 6.09 Å². The molecule has 4 nitrogen and oxygen atoms in total. The minimum atomic E-state index is -0.286. The molecule has 0 aliphatic carbocycles. The molecular weight excluding hydrogens is 168 g/mol. The molecule has 0 aromatic rings. The molecule has 0 saturated carbocycles. The summed E-state index contributed by atoms with van der Waals surface area (Å²) in [6.45, 7) is 4.70. The highest BCUT2D eigenvalue weighted by Crippen LogP contribution is 2.26. The first-order valence-corrected chi connectivity index (χ1v) is 4.61. The van der Waals surface area contributed by atoms with Crippen LogP contribution in [0.25, 0.3) is 0 Å². The van der Waals surface area contributed by atoms with Crippen LogP contribution in [0.15, 0.2) is 0 Å². The van der Waals surface area contributed by atoms with Gasteiger partial charge in [-0.3, -0.25) is 0 Å². The van der Waals surface area contributed by atoms with E-state index in [0.29, 0.717) is 0 Å². The van der Waals surface area contributed by atoms with E-state index in [-0.39, 0.29) is 17.7 Å². The Morgan fingerprint density at radius 3 is 2.77 bits per heavy atom. The van der Waals surface area contributed by atoms with Gasteiger partial charge in [0.25, 0.3) is 0 Å². The minimum absolute atomic E-state index is 0.0420. The second-order valence-electron chi connectivity index (χ2n) is 4.02. The van der Waals surface area contributed by atoms with Crippen molar-refractivity contribution in [3.63, 3.8) is 0 Å². The molecule has 0 spiro atoms. The second kappa shape index (κ2) is 3.54. The number of ether oxygens (including phenoxy) is 1. The number of nitrogens with zero attached hydrogens (tertiary/aromatic N) is 1. The molecule has 0 aromatic carbocycles. The van der Waals surface area contributed by atoms with Crippen molar-refractivity contribution in [3.05, 3.63) is 0 Å². The fourth-order valence-electron chi connectivity index (χ4n) is 1.75. The predicted octanol–water partition coefficient (Wildman–Crippen LogP) is 0.955. The summed E-state index contributed by atoms with van der Waals surface area (Å²) >= 11 is 0. The largest absolute Gasteiger partial charge is 0.453 e. The lowest BCUT2D eigenvalue weighted by molar-refractivity contribution is 0.0441. The molecule has 1 unspecified atom stereocenters. The van der Waals surface area contributed by atoms with Crippen LogP contribution in [0.4, 0.5) is 4.79 Å². The Hall–Kier alpha value is -0.770. The number of hydrogen-bond donors (Lipinski definition) is 1. The Morgan fingerprint density at radius 2 is 2.23 bits per heavy atom. The molecular formula is C9H18N2O2. The lowest BCUT2D eigenvalue weighted by Crippen LogP contribution is -2.61. The highest BCUT2D eigenvalue weighted by Gasteiger charge is 2.39. The number of carbonyl (C=O) groups is 1. The summed E-state index contributed by atoms with van der Waals surface area (Å²) in [4.78, 5) is 13.1. The smallest absolute Gasteiger partial charge is 0.409 e. The number of likely N-dealkylation sites (tertiary alicyclic amines) is 1. The zero-order chi connectivity index (χ0) is 10.1. The molecule has 4 heteroatoms. The number of hydrogen-bond acceptors (Lipinski definition) is 3. The summed E-state index contributed by atoms with van der Waals surface area (Å²) in [5.41, 5.74) is 5.66. The van der Waals surface area contributed by atoms with Crippen LogP contribution in [-0.2, 0) is 4.74 Å². The average Bonchev–Trinajstić information content (AvgIpc) is 2.08. The van der Waals surface area contributed by atoms with Gasteiger partial charge in [0.05, 0.1) is 12.6 Å². The third-order valence-corrected chi connectivity index (χ3v) is 2.89. The summed E-state index contributed by atoms with van der Waals surface area (Å²) in [5.74, 6) is 0. The van der Waals surface area contributed by atoms with Crippen LogP contribution < -0.4 is 5.73 Å². The van der Waals surface area contributed by atoms with E-state index in [0.717, 1.165) is 19.4 Å². The SMILES string of the molecule is COC(=O)N1CCCC(N)C1(C)C. The molecule has 2 N–H and O–H groups in total. The van der Waals surface area contributed by atoms with Gasteiger partial charge in [-0.15, -0.1) is 0 Å². The molecule has 1 rings (SSSR count). The Morgan fingerprint density at radius 1 is 1.62 bits per heavy atom. The molecule has 1 atom stereocenters. The maximum Gasteiger partial charge on any atom is 0.409 e. The van der Waals surface area contributed by atoms with Gasteiger partial charge in [-0.25, -0.2) is 4.79 Å². The number of methoxy groups -OCH3 is 1. The fraction of sp³-hybridized carbons (Fsp3) is 0.889. The van der Waals surface area contributed by atoms with Gasteiger partial charge in [0, 0.05) is 12.6 Å². The maximum absolute atomic E-state index is 11.4. The first-order chi connectivity index (χ1) is 6.00. The second-order valence-corrected chi connectivity index (χ2v) is 4.02. The van der Waals surface area contributed by atoms with E-state index in [2.05, 4.69) is 0 Å². The summed E-state index contributed by atoms with van der Waals surface area (Å²) < 4.78 is 4.71. The molecule has 0 radical (unpaired) electrons. The number of rotatable bonds is 0. The minimum Gasteiger partial charge on any atom is -0.453 e. The van der Waals surface area contributed by atoms with Crippen molar-refractivity contribution in [2.24, 2.45) is 5.73 Å². The number of piperidine rings is 1. The van der Waals surface area contributed by atoms with Crippen LogP contribution in [0.3, 0.4) is 0 Å². The lowest BCUT2D eigenvalue weighted by Gasteiger charge is -2.45. The third kappa shape index (κ3) is 1.77. The molecule has 1 amide bonds. The van der Waals surface area contributed by atoms with Gasteiger partial charge < -0.3 is 15.4 Å². The Kier molecular flexibility index (Phi) is 2.81. The Bertz CT molecular complexity index is 204. The van der Waals surface area contributed by atoms with E-state index in [1.807, 2.05) is 13.8 Å². The van der Waals surface area contributed by atoms with Gasteiger partial charge in [-0.05, 0) is 26.7 Å². The fourth-order valence-corrected chi connectivity index (χ4v) is 1.75. The van der Waals surface area contributed by atoms with E-state index >= 15 is 0 Å². The van der Waals surface area contributed by atoms with Gasteiger partial charge in [0.1, 0.15) is 0 Å².